The molecule has 0 saturated carbocycles. The normalized spacial score (nSPS) is 9.50. The van der Waals surface area contributed by atoms with Crippen LogP contribution in [0, 0.1) is 15.3 Å². The molecule has 1 heterocycles. The SMILES string of the molecule is O=C(NCCO[N+](=O)[O-])c1ccc[n+]([O-])c1. The molecule has 0 unspecified atom stereocenters. The zero-order chi connectivity index (χ0) is 12.0. The lowest BCUT2D eigenvalue weighted by Gasteiger charge is -2.03. The summed E-state index contributed by atoms with van der Waals surface area (Å²) < 4.78 is 0.489. The number of aromatic nitrogens is 1. The minimum absolute atomic E-state index is 0.00638. The van der Waals surface area contributed by atoms with Crippen LogP contribution in [0.4, 0.5) is 0 Å². The number of nitrogens with zero attached hydrogens (tertiary/aromatic N) is 2. The summed E-state index contributed by atoms with van der Waals surface area (Å²) in [5.41, 5.74) is 0.179. The van der Waals surface area contributed by atoms with E-state index in [0.29, 0.717) is 4.73 Å². The molecular weight excluding hydrogens is 218 g/mol. The van der Waals surface area contributed by atoms with Crippen molar-refractivity contribution in [2.24, 2.45) is 0 Å². The second-order valence-electron chi connectivity index (χ2n) is 2.77. The topological polar surface area (TPSA) is 108 Å². The molecule has 0 aliphatic rings. The van der Waals surface area contributed by atoms with Gasteiger partial charge in [0.25, 0.3) is 11.0 Å². The third-order valence-corrected chi connectivity index (χ3v) is 1.62. The van der Waals surface area contributed by atoms with Crippen LogP contribution in [0.1, 0.15) is 10.4 Å². The van der Waals surface area contributed by atoms with Gasteiger partial charge in [-0.1, -0.05) is 0 Å². The van der Waals surface area contributed by atoms with Crippen LogP contribution in [0.25, 0.3) is 0 Å². The lowest BCUT2D eigenvalue weighted by atomic mass is 10.3. The number of pyridine rings is 1. The van der Waals surface area contributed by atoms with Crippen molar-refractivity contribution in [3.8, 4) is 0 Å². The van der Waals surface area contributed by atoms with E-state index >= 15 is 0 Å². The van der Waals surface area contributed by atoms with E-state index in [4.69, 9.17) is 0 Å². The summed E-state index contributed by atoms with van der Waals surface area (Å²) >= 11 is 0. The van der Waals surface area contributed by atoms with Gasteiger partial charge in [-0.2, -0.15) is 4.73 Å². The summed E-state index contributed by atoms with van der Waals surface area (Å²) in [6.45, 7) is -0.240. The van der Waals surface area contributed by atoms with Gasteiger partial charge in [0.2, 0.25) is 0 Å². The minimum atomic E-state index is -0.944. The monoisotopic (exact) mass is 227 g/mol. The van der Waals surface area contributed by atoms with E-state index in [1.165, 1.54) is 18.3 Å². The summed E-state index contributed by atoms with van der Waals surface area (Å²) in [6.07, 6.45) is 2.34. The van der Waals surface area contributed by atoms with Gasteiger partial charge in [-0.15, -0.1) is 10.1 Å². The molecule has 1 aromatic rings. The average molecular weight is 227 g/mol. The zero-order valence-electron chi connectivity index (χ0n) is 8.16. The molecule has 8 nitrogen and oxygen atoms in total. The highest BCUT2D eigenvalue weighted by Gasteiger charge is 2.07. The van der Waals surface area contributed by atoms with Gasteiger partial charge in [0.1, 0.15) is 12.2 Å². The van der Waals surface area contributed by atoms with Crippen molar-refractivity contribution < 1.29 is 19.4 Å². The number of carbonyl (C=O) groups excluding carboxylic acids is 1. The lowest BCUT2D eigenvalue weighted by Crippen LogP contribution is -2.31. The summed E-state index contributed by atoms with van der Waals surface area (Å²) in [4.78, 5) is 25.1. The molecule has 0 saturated heterocycles. The summed E-state index contributed by atoms with van der Waals surface area (Å²) in [7, 11) is 0. The van der Waals surface area contributed by atoms with Crippen LogP contribution in [0.2, 0.25) is 0 Å². The number of hydrogen-bond donors (Lipinski definition) is 1. The molecule has 1 N–H and O–H groups in total. The van der Waals surface area contributed by atoms with Crippen LogP contribution in [-0.4, -0.2) is 24.1 Å². The molecule has 86 valence electrons. The number of amides is 1. The molecule has 0 aliphatic heterocycles. The Morgan fingerprint density at radius 1 is 1.62 bits per heavy atom. The molecule has 8 heteroatoms. The van der Waals surface area contributed by atoms with Gasteiger partial charge in [-0.25, -0.2) is 0 Å². The molecular formula is C8H9N3O5. The Balaban J connectivity index is 2.38. The van der Waals surface area contributed by atoms with Crippen molar-refractivity contribution in [2.45, 2.75) is 0 Å². The number of nitrogens with one attached hydrogen (secondary N) is 1. The highest BCUT2D eigenvalue weighted by Crippen LogP contribution is 1.93. The fraction of sp³-hybridized carbons (Fsp3) is 0.250. The van der Waals surface area contributed by atoms with Crippen molar-refractivity contribution in [2.75, 3.05) is 13.2 Å². The van der Waals surface area contributed by atoms with E-state index in [9.17, 15) is 20.1 Å². The molecule has 0 atom stereocenters. The first-order chi connectivity index (χ1) is 7.59. The first-order valence-electron chi connectivity index (χ1n) is 4.34. The first-order valence-corrected chi connectivity index (χ1v) is 4.34. The van der Waals surface area contributed by atoms with E-state index < -0.39 is 11.0 Å². The first kappa shape index (κ1) is 11.7. The van der Waals surface area contributed by atoms with Crippen molar-refractivity contribution in [1.29, 1.82) is 0 Å². The van der Waals surface area contributed by atoms with Gasteiger partial charge in [0.15, 0.2) is 12.4 Å². The van der Waals surface area contributed by atoms with Gasteiger partial charge in [0.05, 0.1) is 0 Å². The van der Waals surface area contributed by atoms with E-state index in [1.807, 2.05) is 0 Å². The predicted molar refractivity (Wildman–Crippen MR) is 50.7 cm³/mol. The maximum atomic E-state index is 11.4. The van der Waals surface area contributed by atoms with Gasteiger partial charge >= 0.3 is 0 Å². The Morgan fingerprint density at radius 3 is 3.00 bits per heavy atom. The van der Waals surface area contributed by atoms with Crippen molar-refractivity contribution in [3.05, 3.63) is 45.4 Å². The lowest BCUT2D eigenvalue weighted by molar-refractivity contribution is -0.757. The van der Waals surface area contributed by atoms with Gasteiger partial charge in [-0.3, -0.25) is 4.79 Å². The van der Waals surface area contributed by atoms with Crippen LogP contribution in [0.5, 0.6) is 0 Å². The quantitative estimate of drug-likeness (QED) is 0.234. The highest BCUT2D eigenvalue weighted by atomic mass is 16.9. The number of rotatable bonds is 5. The highest BCUT2D eigenvalue weighted by molar-refractivity contribution is 5.93. The van der Waals surface area contributed by atoms with Crippen LogP contribution in [0.3, 0.4) is 0 Å². The van der Waals surface area contributed by atoms with E-state index in [2.05, 4.69) is 10.2 Å². The summed E-state index contributed by atoms with van der Waals surface area (Å²) in [5, 5.41) is 22.0. The molecule has 0 fully saturated rings. The summed E-state index contributed by atoms with van der Waals surface area (Å²) in [5.74, 6) is -0.489. The Morgan fingerprint density at radius 2 is 2.38 bits per heavy atom. The predicted octanol–water partition coefficient (Wildman–Crippen LogP) is -0.742. The fourth-order valence-corrected chi connectivity index (χ4v) is 0.976. The molecule has 1 rings (SSSR count). The third kappa shape index (κ3) is 3.78. The minimum Gasteiger partial charge on any atom is -0.619 e. The van der Waals surface area contributed by atoms with Crippen LogP contribution < -0.4 is 10.0 Å². The average Bonchev–Trinajstić information content (AvgIpc) is 2.24. The maximum Gasteiger partial charge on any atom is 0.294 e. The third-order valence-electron chi connectivity index (χ3n) is 1.62. The summed E-state index contributed by atoms with van der Waals surface area (Å²) in [6, 6.07) is 2.88. The molecule has 0 radical (unpaired) electrons. The molecule has 0 bridgehead atoms. The molecule has 0 aromatic carbocycles. The van der Waals surface area contributed by atoms with Crippen LogP contribution in [-0.2, 0) is 4.84 Å². The smallest absolute Gasteiger partial charge is 0.294 e. The van der Waals surface area contributed by atoms with Gasteiger partial charge < -0.3 is 15.4 Å². The maximum absolute atomic E-state index is 11.4. The van der Waals surface area contributed by atoms with Crippen molar-refractivity contribution in [1.82, 2.24) is 5.32 Å². The fourth-order valence-electron chi connectivity index (χ4n) is 0.976. The Bertz CT molecular complexity index is 395. The van der Waals surface area contributed by atoms with Crippen molar-refractivity contribution >= 4 is 5.91 Å². The van der Waals surface area contributed by atoms with Crippen LogP contribution >= 0.6 is 0 Å². The molecule has 1 aromatic heterocycles. The molecule has 16 heavy (non-hydrogen) atoms. The van der Waals surface area contributed by atoms with Crippen LogP contribution in [0.15, 0.2) is 24.5 Å². The largest absolute Gasteiger partial charge is 0.619 e. The van der Waals surface area contributed by atoms with E-state index in [-0.39, 0.29) is 18.7 Å². The van der Waals surface area contributed by atoms with Gasteiger partial charge in [0, 0.05) is 12.6 Å². The molecule has 1 amide bonds. The van der Waals surface area contributed by atoms with E-state index in [1.54, 1.807) is 0 Å². The molecule has 0 spiro atoms. The Labute approximate surface area is 90.1 Å². The standard InChI is InChI=1S/C8H9N3O5/c12-8(9-3-5-16-11(14)15)7-2-1-4-10(13)6-7/h1-2,4,6H,3,5H2,(H,9,12). The zero-order valence-corrected chi connectivity index (χ0v) is 8.16. The van der Waals surface area contributed by atoms with E-state index in [0.717, 1.165) is 6.20 Å². The van der Waals surface area contributed by atoms with Crippen molar-refractivity contribution in [3.63, 3.8) is 0 Å². The Kier molecular flexibility index (Phi) is 4.01. The molecule has 0 aliphatic carbocycles. The Hall–Kier alpha value is -2.38. The number of carbonyl (C=O) groups is 1. The second-order valence-corrected chi connectivity index (χ2v) is 2.77. The second kappa shape index (κ2) is 5.49. The number of hydrogen-bond acceptors (Lipinski definition) is 5. The van der Waals surface area contributed by atoms with Gasteiger partial charge in [-0.05, 0) is 6.07 Å².